The third-order valence-corrected chi connectivity index (χ3v) is 4.97. The number of fused-ring (bicyclic) bond motifs is 2. The Morgan fingerprint density at radius 3 is 2.53 bits per heavy atom. The van der Waals surface area contributed by atoms with Crippen molar-refractivity contribution in [2.45, 2.75) is 11.8 Å². The first-order valence-electron chi connectivity index (χ1n) is 5.84. The van der Waals surface area contributed by atoms with Crippen LogP contribution in [-0.2, 0) is 11.8 Å². The van der Waals surface area contributed by atoms with Gasteiger partial charge < -0.3 is 0 Å². The molecule has 0 bridgehead atoms. The lowest BCUT2D eigenvalue weighted by molar-refractivity contribution is 1.36. The van der Waals surface area contributed by atoms with E-state index in [1.54, 1.807) is 11.3 Å². The monoisotopic (exact) mass is 308 g/mol. The zero-order valence-electron chi connectivity index (χ0n) is 9.95. The second kappa shape index (κ2) is 5.12. The van der Waals surface area contributed by atoms with E-state index >= 15 is 0 Å². The highest BCUT2D eigenvalue weighted by Gasteiger charge is 2.10. The van der Waals surface area contributed by atoms with Gasteiger partial charge in [-0.15, -0.1) is 34.5 Å². The quantitative estimate of drug-likeness (QED) is 0.486. The Bertz CT molecular complexity index is 823. The smallest absolute Gasteiger partial charge is 0.195 e. The molecule has 0 aliphatic rings. The summed E-state index contributed by atoms with van der Waals surface area (Å²) in [6.45, 7) is 0. The second-order valence-corrected chi connectivity index (χ2v) is 5.91. The van der Waals surface area contributed by atoms with Crippen molar-refractivity contribution in [1.82, 2.24) is 0 Å². The Balaban J connectivity index is 2.54. The van der Waals surface area contributed by atoms with Gasteiger partial charge in [-0.1, -0.05) is 18.2 Å². The molecule has 0 fully saturated rings. The number of halogens is 2. The van der Waals surface area contributed by atoms with Crippen LogP contribution < -0.4 is 5.43 Å². The standard InChI is InChI=1S/C15H10Cl2OS/c16-7-9-5-10(8-17)15-12(6-9)14(18)11-3-1-2-4-13(11)19-15/h1-6H,7-8H2. The minimum absolute atomic E-state index is 0.0580. The van der Waals surface area contributed by atoms with Crippen LogP contribution in [0.1, 0.15) is 11.1 Å². The van der Waals surface area contributed by atoms with Crippen molar-refractivity contribution < 1.29 is 0 Å². The lowest BCUT2D eigenvalue weighted by Crippen LogP contribution is -2.02. The van der Waals surface area contributed by atoms with E-state index < -0.39 is 0 Å². The molecule has 96 valence electrons. The second-order valence-electron chi connectivity index (χ2n) is 4.33. The van der Waals surface area contributed by atoms with Crippen LogP contribution in [0.25, 0.3) is 20.2 Å². The highest BCUT2D eigenvalue weighted by molar-refractivity contribution is 7.24. The molecular formula is C15H10Cl2OS. The highest BCUT2D eigenvalue weighted by atomic mass is 35.5. The van der Waals surface area contributed by atoms with Gasteiger partial charge in [-0.05, 0) is 29.3 Å². The summed E-state index contributed by atoms with van der Waals surface area (Å²) in [6.07, 6.45) is 0. The van der Waals surface area contributed by atoms with Crippen LogP contribution in [0.15, 0.2) is 41.2 Å². The van der Waals surface area contributed by atoms with Crippen LogP contribution in [0.4, 0.5) is 0 Å². The average Bonchev–Trinajstić information content (AvgIpc) is 2.47. The maximum Gasteiger partial charge on any atom is 0.195 e. The van der Waals surface area contributed by atoms with Crippen LogP contribution in [0.3, 0.4) is 0 Å². The number of benzene rings is 2. The minimum atomic E-state index is 0.0580. The number of hydrogen-bond acceptors (Lipinski definition) is 2. The predicted molar refractivity (Wildman–Crippen MR) is 84.7 cm³/mol. The van der Waals surface area contributed by atoms with Crippen LogP contribution >= 0.6 is 34.5 Å². The van der Waals surface area contributed by atoms with E-state index in [0.29, 0.717) is 11.8 Å². The molecule has 2 aromatic carbocycles. The number of hydrogen-bond donors (Lipinski definition) is 0. The van der Waals surface area contributed by atoms with Crippen molar-refractivity contribution >= 4 is 54.7 Å². The largest absolute Gasteiger partial charge is 0.289 e. The SMILES string of the molecule is O=c1c2ccccc2sc2c(CCl)cc(CCl)cc12. The molecule has 0 unspecified atom stereocenters. The van der Waals surface area contributed by atoms with Gasteiger partial charge in [0.15, 0.2) is 5.43 Å². The Morgan fingerprint density at radius 2 is 1.79 bits per heavy atom. The molecule has 1 aromatic heterocycles. The topological polar surface area (TPSA) is 17.1 Å². The van der Waals surface area contributed by atoms with Crippen LogP contribution in [-0.4, -0.2) is 0 Å². The molecule has 0 saturated carbocycles. The summed E-state index contributed by atoms with van der Waals surface area (Å²) < 4.78 is 1.96. The van der Waals surface area contributed by atoms with E-state index in [9.17, 15) is 4.79 Å². The maximum atomic E-state index is 12.5. The fourth-order valence-corrected chi connectivity index (χ4v) is 3.82. The Kier molecular flexibility index (Phi) is 3.48. The van der Waals surface area contributed by atoms with Crippen molar-refractivity contribution in [2.75, 3.05) is 0 Å². The predicted octanol–water partition coefficient (Wildman–Crippen LogP) is 4.89. The van der Waals surface area contributed by atoms with Crippen molar-refractivity contribution in [3.8, 4) is 0 Å². The first-order valence-corrected chi connectivity index (χ1v) is 7.72. The first-order chi connectivity index (χ1) is 9.24. The molecular weight excluding hydrogens is 299 g/mol. The van der Waals surface area contributed by atoms with E-state index in [4.69, 9.17) is 23.2 Å². The van der Waals surface area contributed by atoms with Gasteiger partial charge in [-0.3, -0.25) is 4.79 Å². The van der Waals surface area contributed by atoms with Gasteiger partial charge >= 0.3 is 0 Å². The minimum Gasteiger partial charge on any atom is -0.289 e. The Hall–Kier alpha value is -1.09. The van der Waals surface area contributed by atoms with E-state index in [-0.39, 0.29) is 5.43 Å². The molecule has 0 atom stereocenters. The molecule has 1 nitrogen and oxygen atoms in total. The zero-order valence-corrected chi connectivity index (χ0v) is 12.3. The lowest BCUT2D eigenvalue weighted by Gasteiger charge is -2.07. The van der Waals surface area contributed by atoms with Crippen molar-refractivity contribution in [3.63, 3.8) is 0 Å². The molecule has 4 heteroatoms. The summed E-state index contributed by atoms with van der Waals surface area (Å²) in [6, 6.07) is 11.5. The van der Waals surface area contributed by atoms with Crippen LogP contribution in [0.2, 0.25) is 0 Å². The van der Waals surface area contributed by atoms with Crippen molar-refractivity contribution in [2.24, 2.45) is 0 Å². The third-order valence-electron chi connectivity index (χ3n) is 3.11. The first kappa shape index (κ1) is 12.9. The van der Waals surface area contributed by atoms with E-state index in [0.717, 1.165) is 31.3 Å². The van der Waals surface area contributed by atoms with E-state index in [1.165, 1.54) is 0 Å². The molecule has 0 saturated heterocycles. The average molecular weight is 309 g/mol. The summed E-state index contributed by atoms with van der Waals surface area (Å²) in [5.74, 6) is 0.770. The van der Waals surface area contributed by atoms with Gasteiger partial charge in [-0.2, -0.15) is 0 Å². The summed E-state index contributed by atoms with van der Waals surface area (Å²) in [4.78, 5) is 12.5. The molecule has 0 amide bonds. The van der Waals surface area contributed by atoms with Crippen molar-refractivity contribution in [1.29, 1.82) is 0 Å². The molecule has 0 radical (unpaired) electrons. The molecule has 3 aromatic rings. The van der Waals surface area contributed by atoms with Gasteiger partial charge in [0, 0.05) is 31.9 Å². The normalized spacial score (nSPS) is 11.3. The molecule has 0 N–H and O–H groups in total. The summed E-state index contributed by atoms with van der Waals surface area (Å²) in [5.41, 5.74) is 1.97. The lowest BCUT2D eigenvalue weighted by atomic mass is 10.1. The van der Waals surface area contributed by atoms with E-state index in [1.807, 2.05) is 36.4 Å². The van der Waals surface area contributed by atoms with Gasteiger partial charge in [0.25, 0.3) is 0 Å². The third kappa shape index (κ3) is 2.14. The molecule has 0 spiro atoms. The molecule has 0 aliphatic heterocycles. The Labute approximate surface area is 124 Å². The van der Waals surface area contributed by atoms with E-state index in [2.05, 4.69) is 0 Å². The fourth-order valence-electron chi connectivity index (χ4n) is 2.22. The van der Waals surface area contributed by atoms with Gasteiger partial charge in [0.05, 0.1) is 0 Å². The number of alkyl halides is 2. The maximum absolute atomic E-state index is 12.5. The molecule has 0 aliphatic carbocycles. The summed E-state index contributed by atoms with van der Waals surface area (Å²) >= 11 is 13.5. The van der Waals surface area contributed by atoms with Gasteiger partial charge in [0.1, 0.15) is 0 Å². The fraction of sp³-hybridized carbons (Fsp3) is 0.133. The Morgan fingerprint density at radius 1 is 1.00 bits per heavy atom. The molecule has 19 heavy (non-hydrogen) atoms. The van der Waals surface area contributed by atoms with Gasteiger partial charge in [0.2, 0.25) is 0 Å². The van der Waals surface area contributed by atoms with Gasteiger partial charge in [-0.25, -0.2) is 0 Å². The number of rotatable bonds is 2. The zero-order chi connectivity index (χ0) is 13.4. The van der Waals surface area contributed by atoms with Crippen molar-refractivity contribution in [3.05, 3.63) is 57.7 Å². The molecule has 1 heterocycles. The van der Waals surface area contributed by atoms with Crippen LogP contribution in [0.5, 0.6) is 0 Å². The van der Waals surface area contributed by atoms with Crippen LogP contribution in [0, 0.1) is 0 Å². The summed E-state index contributed by atoms with van der Waals surface area (Å²) in [5, 5.41) is 1.48. The molecule has 3 rings (SSSR count). The summed E-state index contributed by atoms with van der Waals surface area (Å²) in [7, 11) is 0. The highest BCUT2D eigenvalue weighted by Crippen LogP contribution is 2.29.